The summed E-state index contributed by atoms with van der Waals surface area (Å²) in [6.07, 6.45) is 2.50. The zero-order valence-electron chi connectivity index (χ0n) is 16.4. The molecule has 2 aliphatic rings. The molecule has 1 saturated heterocycles. The quantitative estimate of drug-likeness (QED) is 0.737. The Morgan fingerprint density at radius 1 is 0.966 bits per heavy atom. The van der Waals surface area contributed by atoms with Crippen LogP contribution in [0, 0.1) is 5.92 Å². The Hall–Kier alpha value is -2.92. The number of hydrogen-bond donors (Lipinski definition) is 1. The van der Waals surface area contributed by atoms with Gasteiger partial charge in [0, 0.05) is 55.5 Å². The Morgan fingerprint density at radius 2 is 1.66 bits per heavy atom. The molecule has 1 N–H and O–H groups in total. The second-order valence-electron chi connectivity index (χ2n) is 7.87. The van der Waals surface area contributed by atoms with Crippen molar-refractivity contribution in [2.24, 2.45) is 5.92 Å². The molecule has 0 spiro atoms. The monoisotopic (exact) mass is 387 g/mol. The van der Waals surface area contributed by atoms with Crippen molar-refractivity contribution in [1.29, 1.82) is 0 Å². The largest absolute Gasteiger partial charge is 0.381 e. The summed E-state index contributed by atoms with van der Waals surface area (Å²) in [6.45, 7) is 2.79. The summed E-state index contributed by atoms with van der Waals surface area (Å²) in [5.41, 5.74) is 6.75. The highest BCUT2D eigenvalue weighted by Gasteiger charge is 2.30. The number of hydrogen-bond acceptors (Lipinski definition) is 3. The molecule has 2 aromatic carbocycles. The van der Waals surface area contributed by atoms with E-state index in [2.05, 4.69) is 58.7 Å². The molecular weight excluding hydrogens is 362 g/mol. The number of benzene rings is 2. The van der Waals surface area contributed by atoms with Gasteiger partial charge in [-0.3, -0.25) is 9.89 Å². The van der Waals surface area contributed by atoms with E-state index >= 15 is 0 Å². The van der Waals surface area contributed by atoms with Gasteiger partial charge < -0.3 is 9.64 Å². The highest BCUT2D eigenvalue weighted by atomic mass is 16.5. The second kappa shape index (κ2) is 7.84. The van der Waals surface area contributed by atoms with Crippen LogP contribution in [-0.4, -0.2) is 40.8 Å². The number of H-pyrrole nitrogens is 1. The highest BCUT2D eigenvalue weighted by Crippen LogP contribution is 2.31. The molecule has 0 aliphatic carbocycles. The average molecular weight is 387 g/mol. The molecule has 0 radical (unpaired) electrons. The fraction of sp³-hybridized carbons (Fsp3) is 0.333. The van der Waals surface area contributed by atoms with Crippen LogP contribution in [0.4, 0.5) is 0 Å². The first kappa shape index (κ1) is 18.1. The fourth-order valence-electron chi connectivity index (χ4n) is 4.38. The maximum absolute atomic E-state index is 13.0. The van der Waals surface area contributed by atoms with E-state index in [0.717, 1.165) is 48.3 Å². The molecule has 1 aromatic heterocycles. The van der Waals surface area contributed by atoms with E-state index in [4.69, 9.17) is 4.74 Å². The summed E-state index contributed by atoms with van der Waals surface area (Å²) < 4.78 is 5.41. The van der Waals surface area contributed by atoms with Crippen molar-refractivity contribution in [3.63, 3.8) is 0 Å². The summed E-state index contributed by atoms with van der Waals surface area (Å²) in [6, 6.07) is 18.9. The van der Waals surface area contributed by atoms with E-state index in [1.54, 1.807) is 0 Å². The van der Waals surface area contributed by atoms with Gasteiger partial charge in [0.05, 0.1) is 5.69 Å². The zero-order valence-corrected chi connectivity index (χ0v) is 16.4. The number of ether oxygens (including phenoxy) is 1. The first-order valence-electron chi connectivity index (χ1n) is 10.4. The van der Waals surface area contributed by atoms with E-state index in [-0.39, 0.29) is 11.8 Å². The number of fused-ring (bicyclic) bond motifs is 1. The maximum Gasteiger partial charge on any atom is 0.226 e. The van der Waals surface area contributed by atoms with Gasteiger partial charge >= 0.3 is 0 Å². The van der Waals surface area contributed by atoms with E-state index in [0.29, 0.717) is 19.8 Å². The van der Waals surface area contributed by atoms with Crippen molar-refractivity contribution in [3.8, 4) is 22.4 Å². The predicted octanol–water partition coefficient (Wildman–Crippen LogP) is 4.06. The number of rotatable bonds is 3. The van der Waals surface area contributed by atoms with Crippen LogP contribution in [0.25, 0.3) is 22.4 Å². The van der Waals surface area contributed by atoms with Crippen LogP contribution in [0.1, 0.15) is 24.1 Å². The van der Waals surface area contributed by atoms with Gasteiger partial charge in [0.1, 0.15) is 0 Å². The van der Waals surface area contributed by atoms with Gasteiger partial charge in [-0.05, 0) is 24.0 Å². The van der Waals surface area contributed by atoms with Crippen molar-refractivity contribution in [3.05, 3.63) is 65.9 Å². The summed E-state index contributed by atoms with van der Waals surface area (Å²) in [5, 5.41) is 7.80. The topological polar surface area (TPSA) is 58.2 Å². The lowest BCUT2D eigenvalue weighted by Gasteiger charge is -2.32. The molecule has 0 bridgehead atoms. The molecule has 5 heteroatoms. The molecular formula is C24H25N3O2. The third-order valence-corrected chi connectivity index (χ3v) is 6.08. The molecule has 148 valence electrons. The summed E-state index contributed by atoms with van der Waals surface area (Å²) >= 11 is 0. The minimum absolute atomic E-state index is 0.103. The Morgan fingerprint density at radius 3 is 2.41 bits per heavy atom. The Bertz CT molecular complexity index is 989. The van der Waals surface area contributed by atoms with Gasteiger partial charge in [0.25, 0.3) is 0 Å². The molecule has 0 saturated carbocycles. The van der Waals surface area contributed by atoms with Crippen molar-refractivity contribution in [2.75, 3.05) is 19.8 Å². The summed E-state index contributed by atoms with van der Waals surface area (Å²) in [7, 11) is 0. The molecule has 3 heterocycles. The number of carbonyl (C=O) groups excluding carboxylic acids is 1. The van der Waals surface area contributed by atoms with E-state index in [1.165, 1.54) is 11.1 Å². The number of aromatic nitrogens is 2. The van der Waals surface area contributed by atoms with E-state index in [1.807, 2.05) is 11.0 Å². The lowest BCUT2D eigenvalue weighted by molar-refractivity contribution is -0.139. The van der Waals surface area contributed by atoms with Crippen LogP contribution in [0.2, 0.25) is 0 Å². The SMILES string of the molecule is O=C(C1CCOCC1)N1CCc2[nH]nc(-c3ccc(-c4ccccc4)cc3)c2C1. The van der Waals surface area contributed by atoms with E-state index < -0.39 is 0 Å². The van der Waals surface area contributed by atoms with Crippen LogP contribution >= 0.6 is 0 Å². The van der Waals surface area contributed by atoms with Crippen LogP contribution in [0.15, 0.2) is 54.6 Å². The standard InChI is InChI=1S/C24H25N3O2/c28-24(20-11-14-29-15-12-20)27-13-10-22-21(16-27)23(26-25-22)19-8-6-18(7-9-19)17-4-2-1-3-5-17/h1-9,20H,10-16H2,(H,25,26). The van der Waals surface area contributed by atoms with Gasteiger partial charge in [-0.15, -0.1) is 0 Å². The summed E-state index contributed by atoms with van der Waals surface area (Å²) in [5.74, 6) is 0.372. The first-order chi connectivity index (χ1) is 14.3. The summed E-state index contributed by atoms with van der Waals surface area (Å²) in [4.78, 5) is 15.0. The lowest BCUT2D eigenvalue weighted by Crippen LogP contribution is -2.41. The molecule has 5 nitrogen and oxygen atoms in total. The lowest BCUT2D eigenvalue weighted by atomic mass is 9.95. The van der Waals surface area contributed by atoms with Crippen molar-refractivity contribution in [1.82, 2.24) is 15.1 Å². The minimum atomic E-state index is 0.103. The molecule has 0 unspecified atom stereocenters. The molecule has 1 fully saturated rings. The molecule has 2 aliphatic heterocycles. The average Bonchev–Trinajstić information content (AvgIpc) is 3.23. The number of amides is 1. The number of nitrogens with one attached hydrogen (secondary N) is 1. The van der Waals surface area contributed by atoms with Crippen molar-refractivity contribution >= 4 is 5.91 Å². The number of nitrogens with zero attached hydrogens (tertiary/aromatic N) is 2. The van der Waals surface area contributed by atoms with Crippen LogP contribution in [0.5, 0.6) is 0 Å². The molecule has 0 atom stereocenters. The Labute approximate surface area is 170 Å². The first-order valence-corrected chi connectivity index (χ1v) is 10.4. The van der Waals surface area contributed by atoms with E-state index in [9.17, 15) is 4.79 Å². The normalized spacial score (nSPS) is 17.2. The minimum Gasteiger partial charge on any atom is -0.381 e. The van der Waals surface area contributed by atoms with Gasteiger partial charge in [0.2, 0.25) is 5.91 Å². The van der Waals surface area contributed by atoms with Gasteiger partial charge in [-0.2, -0.15) is 5.10 Å². The number of carbonyl (C=O) groups is 1. The predicted molar refractivity (Wildman–Crippen MR) is 112 cm³/mol. The van der Waals surface area contributed by atoms with Crippen LogP contribution in [0.3, 0.4) is 0 Å². The van der Waals surface area contributed by atoms with Gasteiger partial charge in [-0.1, -0.05) is 54.6 Å². The van der Waals surface area contributed by atoms with Crippen LogP contribution in [-0.2, 0) is 22.5 Å². The van der Waals surface area contributed by atoms with Gasteiger partial charge in [0.15, 0.2) is 0 Å². The van der Waals surface area contributed by atoms with Gasteiger partial charge in [-0.25, -0.2) is 0 Å². The maximum atomic E-state index is 13.0. The smallest absolute Gasteiger partial charge is 0.226 e. The zero-order chi connectivity index (χ0) is 19.6. The highest BCUT2D eigenvalue weighted by molar-refractivity contribution is 5.80. The molecule has 3 aromatic rings. The Kier molecular flexibility index (Phi) is 4.90. The second-order valence-corrected chi connectivity index (χ2v) is 7.87. The third-order valence-electron chi connectivity index (χ3n) is 6.08. The van der Waals surface area contributed by atoms with Crippen molar-refractivity contribution in [2.45, 2.75) is 25.8 Å². The molecule has 1 amide bonds. The fourth-order valence-corrected chi connectivity index (χ4v) is 4.38. The molecule has 29 heavy (non-hydrogen) atoms. The number of aromatic amines is 1. The van der Waals surface area contributed by atoms with Crippen molar-refractivity contribution < 1.29 is 9.53 Å². The Balaban J connectivity index is 1.37. The molecule has 5 rings (SSSR count). The third kappa shape index (κ3) is 3.58. The van der Waals surface area contributed by atoms with Crippen LogP contribution < -0.4 is 0 Å².